The van der Waals surface area contributed by atoms with Gasteiger partial charge in [0.05, 0.1) is 11.3 Å². The standard InChI is InChI=1S/C22H19N3O4/c26-18-12-10-17(11-13-18)24-25-20-9-5-4-8-19(20)22(28)29-15-21(27)23-14-16-6-2-1-3-7-16/h1-13,26H,14-15H2,(H,23,27). The van der Waals surface area contributed by atoms with Gasteiger partial charge in [0.15, 0.2) is 6.61 Å². The summed E-state index contributed by atoms with van der Waals surface area (Å²) in [5, 5.41) is 20.1. The number of phenols is 1. The van der Waals surface area contributed by atoms with Crippen LogP contribution < -0.4 is 5.32 Å². The van der Waals surface area contributed by atoms with Gasteiger partial charge in [-0.05, 0) is 42.0 Å². The molecule has 7 nitrogen and oxygen atoms in total. The fourth-order valence-corrected chi connectivity index (χ4v) is 2.42. The van der Waals surface area contributed by atoms with E-state index in [0.29, 0.717) is 17.9 Å². The molecule has 3 aromatic carbocycles. The molecule has 29 heavy (non-hydrogen) atoms. The number of azo groups is 1. The molecule has 0 spiro atoms. The van der Waals surface area contributed by atoms with Crippen LogP contribution in [0.15, 0.2) is 89.1 Å². The maximum atomic E-state index is 12.4. The van der Waals surface area contributed by atoms with Crippen LogP contribution in [0.2, 0.25) is 0 Å². The Morgan fingerprint density at radius 3 is 2.31 bits per heavy atom. The van der Waals surface area contributed by atoms with E-state index in [9.17, 15) is 14.7 Å². The molecular formula is C22H19N3O4. The molecular weight excluding hydrogens is 370 g/mol. The van der Waals surface area contributed by atoms with Crippen molar-refractivity contribution >= 4 is 23.3 Å². The number of nitrogens with one attached hydrogen (secondary N) is 1. The summed E-state index contributed by atoms with van der Waals surface area (Å²) in [7, 11) is 0. The van der Waals surface area contributed by atoms with Crippen LogP contribution in [0.4, 0.5) is 11.4 Å². The molecule has 0 radical (unpaired) electrons. The number of aromatic hydroxyl groups is 1. The normalized spacial score (nSPS) is 10.6. The van der Waals surface area contributed by atoms with E-state index in [1.54, 1.807) is 36.4 Å². The van der Waals surface area contributed by atoms with E-state index in [0.717, 1.165) is 5.56 Å². The molecule has 0 heterocycles. The topological polar surface area (TPSA) is 100 Å². The van der Waals surface area contributed by atoms with Crippen molar-refractivity contribution < 1.29 is 19.4 Å². The molecule has 0 saturated heterocycles. The minimum absolute atomic E-state index is 0.124. The van der Waals surface area contributed by atoms with Crippen molar-refractivity contribution in [3.8, 4) is 5.75 Å². The van der Waals surface area contributed by atoms with Gasteiger partial charge in [0.25, 0.3) is 5.91 Å². The number of esters is 1. The van der Waals surface area contributed by atoms with Crippen molar-refractivity contribution in [3.05, 3.63) is 90.0 Å². The minimum atomic E-state index is -0.667. The van der Waals surface area contributed by atoms with Gasteiger partial charge < -0.3 is 15.2 Å². The molecule has 0 aliphatic rings. The van der Waals surface area contributed by atoms with E-state index >= 15 is 0 Å². The molecule has 2 N–H and O–H groups in total. The second kappa shape index (κ2) is 9.80. The molecule has 0 bridgehead atoms. The zero-order valence-corrected chi connectivity index (χ0v) is 15.5. The highest BCUT2D eigenvalue weighted by Gasteiger charge is 2.14. The van der Waals surface area contributed by atoms with Crippen LogP contribution in [0.3, 0.4) is 0 Å². The third kappa shape index (κ3) is 6.00. The van der Waals surface area contributed by atoms with Crippen molar-refractivity contribution in [2.24, 2.45) is 10.2 Å². The Morgan fingerprint density at radius 1 is 0.862 bits per heavy atom. The van der Waals surface area contributed by atoms with Crippen molar-refractivity contribution in [1.29, 1.82) is 0 Å². The van der Waals surface area contributed by atoms with Gasteiger partial charge in [-0.1, -0.05) is 42.5 Å². The number of nitrogens with zero attached hydrogens (tertiary/aromatic N) is 2. The highest BCUT2D eigenvalue weighted by Crippen LogP contribution is 2.24. The summed E-state index contributed by atoms with van der Waals surface area (Å²) in [6.45, 7) is -0.0379. The van der Waals surface area contributed by atoms with Crippen molar-refractivity contribution in [1.82, 2.24) is 5.32 Å². The lowest BCUT2D eigenvalue weighted by atomic mass is 10.2. The van der Waals surface area contributed by atoms with Gasteiger partial charge in [-0.3, -0.25) is 4.79 Å². The molecule has 0 aliphatic carbocycles. The summed E-state index contributed by atoms with van der Waals surface area (Å²) < 4.78 is 5.10. The van der Waals surface area contributed by atoms with Crippen LogP contribution >= 0.6 is 0 Å². The highest BCUT2D eigenvalue weighted by atomic mass is 16.5. The van der Waals surface area contributed by atoms with Gasteiger partial charge in [-0.2, -0.15) is 5.11 Å². The maximum absolute atomic E-state index is 12.4. The summed E-state index contributed by atoms with van der Waals surface area (Å²) >= 11 is 0. The second-order valence-electron chi connectivity index (χ2n) is 6.07. The van der Waals surface area contributed by atoms with Crippen LogP contribution in [0.1, 0.15) is 15.9 Å². The van der Waals surface area contributed by atoms with Gasteiger partial charge in [0.2, 0.25) is 0 Å². The fraction of sp³-hybridized carbons (Fsp3) is 0.0909. The first-order chi connectivity index (χ1) is 14.1. The van der Waals surface area contributed by atoms with E-state index < -0.39 is 18.5 Å². The first kappa shape index (κ1) is 19.8. The Balaban J connectivity index is 1.58. The molecule has 0 aromatic heterocycles. The summed E-state index contributed by atoms with van der Waals surface area (Å²) in [5.41, 5.74) is 1.99. The molecule has 0 atom stereocenters. The molecule has 146 valence electrons. The Labute approximate surface area is 167 Å². The summed E-state index contributed by atoms with van der Waals surface area (Å²) in [4.78, 5) is 24.3. The number of ether oxygens (including phenoxy) is 1. The Kier molecular flexibility index (Phi) is 6.67. The first-order valence-electron chi connectivity index (χ1n) is 8.89. The predicted molar refractivity (Wildman–Crippen MR) is 107 cm³/mol. The quantitative estimate of drug-likeness (QED) is 0.465. The SMILES string of the molecule is O=C(COC(=O)c1ccccc1N=Nc1ccc(O)cc1)NCc1ccccc1. The zero-order valence-electron chi connectivity index (χ0n) is 15.5. The van der Waals surface area contributed by atoms with Gasteiger partial charge in [0.1, 0.15) is 11.4 Å². The van der Waals surface area contributed by atoms with Gasteiger partial charge in [-0.15, -0.1) is 5.11 Å². The summed E-state index contributed by atoms with van der Waals surface area (Å²) in [6, 6.07) is 22.2. The third-order valence-electron chi connectivity index (χ3n) is 3.91. The molecule has 3 rings (SSSR count). The van der Waals surface area contributed by atoms with Crippen molar-refractivity contribution in [2.75, 3.05) is 6.61 Å². The molecule has 0 aliphatic heterocycles. The number of carbonyl (C=O) groups excluding carboxylic acids is 2. The average molecular weight is 389 g/mol. The Hall–Kier alpha value is -4.00. The van der Waals surface area contributed by atoms with Crippen molar-refractivity contribution in [2.45, 2.75) is 6.54 Å². The number of hydrogen-bond acceptors (Lipinski definition) is 6. The smallest absolute Gasteiger partial charge is 0.340 e. The molecule has 0 fully saturated rings. The van der Waals surface area contributed by atoms with E-state index in [2.05, 4.69) is 15.5 Å². The van der Waals surface area contributed by atoms with Gasteiger partial charge in [0, 0.05) is 6.54 Å². The Morgan fingerprint density at radius 2 is 1.55 bits per heavy atom. The van der Waals surface area contributed by atoms with Crippen LogP contribution in [-0.2, 0) is 16.1 Å². The molecule has 0 unspecified atom stereocenters. The number of benzene rings is 3. The lowest BCUT2D eigenvalue weighted by molar-refractivity contribution is -0.124. The Bertz CT molecular complexity index is 1000. The third-order valence-corrected chi connectivity index (χ3v) is 3.91. The number of phenolic OH excluding ortho intramolecular Hbond substituents is 1. The lowest BCUT2D eigenvalue weighted by Crippen LogP contribution is -2.28. The average Bonchev–Trinajstić information content (AvgIpc) is 2.76. The van der Waals surface area contributed by atoms with Crippen LogP contribution in [0.5, 0.6) is 5.75 Å². The number of rotatable bonds is 7. The number of hydrogen-bond donors (Lipinski definition) is 2. The first-order valence-corrected chi connectivity index (χ1v) is 8.89. The van der Waals surface area contributed by atoms with Crippen LogP contribution in [0.25, 0.3) is 0 Å². The molecule has 1 amide bonds. The van der Waals surface area contributed by atoms with Crippen LogP contribution in [-0.4, -0.2) is 23.6 Å². The lowest BCUT2D eigenvalue weighted by Gasteiger charge is -2.08. The van der Waals surface area contributed by atoms with E-state index in [4.69, 9.17) is 4.74 Å². The zero-order chi connectivity index (χ0) is 20.5. The van der Waals surface area contributed by atoms with E-state index in [1.165, 1.54) is 12.1 Å². The van der Waals surface area contributed by atoms with Crippen LogP contribution in [0, 0.1) is 0 Å². The largest absolute Gasteiger partial charge is 0.508 e. The highest BCUT2D eigenvalue weighted by molar-refractivity contribution is 5.96. The van der Waals surface area contributed by atoms with Gasteiger partial charge >= 0.3 is 5.97 Å². The molecule has 0 saturated carbocycles. The fourth-order valence-electron chi connectivity index (χ4n) is 2.42. The minimum Gasteiger partial charge on any atom is -0.508 e. The summed E-state index contributed by atoms with van der Waals surface area (Å²) in [5.74, 6) is -0.941. The van der Waals surface area contributed by atoms with Gasteiger partial charge in [-0.25, -0.2) is 4.79 Å². The number of amides is 1. The van der Waals surface area contributed by atoms with E-state index in [1.807, 2.05) is 30.3 Å². The van der Waals surface area contributed by atoms with E-state index in [-0.39, 0.29) is 11.3 Å². The maximum Gasteiger partial charge on any atom is 0.340 e. The summed E-state index contributed by atoms with van der Waals surface area (Å²) in [6.07, 6.45) is 0. The second-order valence-corrected chi connectivity index (χ2v) is 6.07. The molecule has 7 heteroatoms. The predicted octanol–water partition coefficient (Wildman–Crippen LogP) is 4.28. The van der Waals surface area contributed by atoms with Crippen molar-refractivity contribution in [3.63, 3.8) is 0 Å². The molecule has 3 aromatic rings. The number of carbonyl (C=O) groups is 2. The monoisotopic (exact) mass is 389 g/mol.